The molecule has 0 bridgehead atoms. The number of nitro groups is 2. The fourth-order valence-corrected chi connectivity index (χ4v) is 10.1. The second-order valence-corrected chi connectivity index (χ2v) is 24.2. The molecule has 0 saturated heterocycles. The van der Waals surface area contributed by atoms with E-state index in [4.69, 9.17) is 22.4 Å². The van der Waals surface area contributed by atoms with Crippen molar-refractivity contribution in [3.05, 3.63) is 334 Å². The Morgan fingerprint density at radius 2 is 0.630 bits per heavy atom. The summed E-state index contributed by atoms with van der Waals surface area (Å²) in [7, 11) is -3.41. The first kappa shape index (κ1) is 83.9. The van der Waals surface area contributed by atoms with Gasteiger partial charge in [-0.05, 0) is 194 Å². The fraction of sp³-hybridized carbons (Fsp3) is 0.0571. The standard InChI is InChI=1S/C17H14F3NO3S.2C13H7F3N2O3.C13H9F3N2O.C7H3ClF2O.C7H4F2O2/c18-14-6-2-12(7-11(14)9-25(23,24)13-3-4-13)21-17(22)10-1-5-15(19)16(20)8-10;2*14-9-3-1-7(5-11(9)16)13(19)17-8-2-4-10(15)12(6-8)18(20)21;14-9-3-1-7(5-11(9)16)13(19)18-8-2-4-10(15)12(17)6-8;8-7(11)4-1-2-5(9)6(10)3-4;8-5-2-1-4(7(10)11)3-6(5)9/h1-2,5-8,13H,3-4,9H2,(H,21,22);2*1-6H,(H,17,19);1-6H,17H2,(H,18,19);1-3H;1-3H,(H,10,11). The lowest BCUT2D eigenvalue weighted by Crippen LogP contribution is -2.14. The van der Waals surface area contributed by atoms with Crippen LogP contribution in [0.5, 0.6) is 0 Å². The van der Waals surface area contributed by atoms with Crippen LogP contribution in [0.2, 0.25) is 0 Å². The van der Waals surface area contributed by atoms with Crippen LogP contribution in [0.3, 0.4) is 0 Å². The fourth-order valence-electron chi connectivity index (χ4n) is 8.22. The normalized spacial score (nSPS) is 11.1. The van der Waals surface area contributed by atoms with Crippen molar-refractivity contribution in [2.75, 3.05) is 27.0 Å². The molecule has 562 valence electrons. The van der Waals surface area contributed by atoms with E-state index in [2.05, 4.69) is 21.3 Å². The van der Waals surface area contributed by atoms with Gasteiger partial charge >= 0.3 is 17.3 Å². The van der Waals surface area contributed by atoms with Crippen LogP contribution >= 0.6 is 11.6 Å². The summed E-state index contributed by atoms with van der Waals surface area (Å²) in [6.07, 6.45) is 1.16. The number of nitro benzene ring substituents is 2. The molecular formula is C70H44ClF16N7O13S. The van der Waals surface area contributed by atoms with Gasteiger partial charge in [-0.3, -0.25) is 44.2 Å². The van der Waals surface area contributed by atoms with Gasteiger partial charge < -0.3 is 32.1 Å². The van der Waals surface area contributed by atoms with Crippen LogP contribution in [0.25, 0.3) is 0 Å². The lowest BCUT2D eigenvalue weighted by atomic mass is 10.1. The maximum Gasteiger partial charge on any atom is 0.335 e. The predicted molar refractivity (Wildman–Crippen MR) is 356 cm³/mol. The SMILES string of the molecule is Nc1cc(NC(=O)c2ccc(F)c(F)c2)ccc1F.O=C(Cl)c1ccc(F)c(F)c1.O=C(Nc1ccc(F)c(CS(=O)(=O)C2CC2)c1)c1ccc(F)c(F)c1.O=C(Nc1ccc(F)c([N+](=O)[O-])c1)c1ccc(F)c(F)c1.O=C(Nc1ccc(F)c([N+](=O)[O-])c1)c1ccc(F)c(F)c1.O=C(O)c1ccc(F)c(F)c1. The molecule has 10 aromatic carbocycles. The van der Waals surface area contributed by atoms with Crippen LogP contribution in [0.1, 0.15) is 80.6 Å². The van der Waals surface area contributed by atoms with Crippen LogP contribution in [-0.2, 0) is 15.6 Å². The second-order valence-electron chi connectivity index (χ2n) is 21.6. The van der Waals surface area contributed by atoms with Crippen molar-refractivity contribution in [2.45, 2.75) is 23.8 Å². The number of sulfone groups is 1. The monoisotopic (exact) mass is 1560 g/mol. The first-order valence-electron chi connectivity index (χ1n) is 29.5. The first-order valence-corrected chi connectivity index (χ1v) is 31.6. The molecule has 0 unspecified atom stereocenters. The number of nitrogens with one attached hydrogen (secondary N) is 4. The molecule has 0 atom stereocenters. The van der Waals surface area contributed by atoms with Gasteiger partial charge in [0, 0.05) is 68.3 Å². The minimum absolute atomic E-state index is 0.0437. The molecule has 4 amide bonds. The van der Waals surface area contributed by atoms with Gasteiger partial charge in [0.2, 0.25) is 11.6 Å². The van der Waals surface area contributed by atoms with Gasteiger partial charge in [0.15, 0.2) is 79.6 Å². The average Bonchev–Trinajstić information content (AvgIpc) is 1.61. The van der Waals surface area contributed by atoms with Crippen molar-refractivity contribution in [2.24, 2.45) is 0 Å². The molecule has 7 N–H and O–H groups in total. The van der Waals surface area contributed by atoms with Crippen LogP contribution in [-0.4, -0.2) is 63.5 Å². The quantitative estimate of drug-likeness (QED) is 0.0183. The number of nitrogens with two attached hydrogens (primary N) is 1. The highest BCUT2D eigenvalue weighted by molar-refractivity contribution is 7.91. The van der Waals surface area contributed by atoms with E-state index in [1.807, 2.05) is 0 Å². The molecule has 20 nitrogen and oxygen atoms in total. The van der Waals surface area contributed by atoms with E-state index in [1.54, 1.807) is 0 Å². The number of carboxylic acids is 1. The Hall–Kier alpha value is -13.1. The Morgan fingerprint density at radius 3 is 0.917 bits per heavy atom. The molecule has 0 aliphatic heterocycles. The lowest BCUT2D eigenvalue weighted by molar-refractivity contribution is -0.387. The maximum absolute atomic E-state index is 13.9. The van der Waals surface area contributed by atoms with E-state index in [1.165, 1.54) is 24.3 Å². The number of amides is 4. The number of nitrogen functional groups attached to an aromatic ring is 1. The van der Waals surface area contributed by atoms with E-state index in [0.717, 1.165) is 140 Å². The number of rotatable bonds is 15. The smallest absolute Gasteiger partial charge is 0.335 e. The highest BCUT2D eigenvalue weighted by Gasteiger charge is 2.36. The third-order valence-electron chi connectivity index (χ3n) is 13.8. The number of halogens is 17. The third-order valence-corrected chi connectivity index (χ3v) is 16.2. The van der Waals surface area contributed by atoms with Gasteiger partial charge in [-0.15, -0.1) is 0 Å². The largest absolute Gasteiger partial charge is 0.478 e. The second kappa shape index (κ2) is 37.6. The molecule has 1 aliphatic rings. The molecule has 11 rings (SSSR count). The van der Waals surface area contributed by atoms with E-state index in [0.29, 0.717) is 31.0 Å². The Balaban J connectivity index is 0.000000207. The van der Waals surface area contributed by atoms with Crippen LogP contribution in [0.4, 0.5) is 110 Å². The van der Waals surface area contributed by atoms with Gasteiger partial charge in [0.1, 0.15) is 11.6 Å². The molecule has 38 heteroatoms. The number of carbonyl (C=O) groups is 6. The zero-order valence-corrected chi connectivity index (χ0v) is 55.2. The molecule has 0 radical (unpaired) electrons. The van der Waals surface area contributed by atoms with E-state index in [9.17, 15) is 128 Å². The third kappa shape index (κ3) is 24.5. The number of benzene rings is 10. The Kier molecular flexibility index (Phi) is 29.2. The Labute approximate surface area is 601 Å². The molecule has 10 aromatic rings. The van der Waals surface area contributed by atoms with Crippen molar-refractivity contribution in [3.8, 4) is 0 Å². The number of anilines is 5. The maximum atomic E-state index is 13.9. The van der Waals surface area contributed by atoms with Crippen molar-refractivity contribution >= 4 is 96.1 Å². The number of aromatic carboxylic acids is 1. The molecule has 1 fully saturated rings. The van der Waals surface area contributed by atoms with Gasteiger partial charge in [-0.25, -0.2) is 74.7 Å². The summed E-state index contributed by atoms with van der Waals surface area (Å²) in [5, 5.41) is 37.5. The molecular weight excluding hydrogens is 1520 g/mol. The minimum Gasteiger partial charge on any atom is -0.478 e. The topological polar surface area (TPSA) is 317 Å². The highest BCUT2D eigenvalue weighted by Crippen LogP contribution is 2.32. The van der Waals surface area contributed by atoms with Crippen molar-refractivity contribution in [3.63, 3.8) is 0 Å². The summed E-state index contributed by atoms with van der Waals surface area (Å²) in [6, 6.07) is 28.3. The van der Waals surface area contributed by atoms with Crippen molar-refractivity contribution in [1.29, 1.82) is 0 Å². The summed E-state index contributed by atoms with van der Waals surface area (Å²) in [5.41, 5.74) is 3.06. The summed E-state index contributed by atoms with van der Waals surface area (Å²) in [4.78, 5) is 87.2. The van der Waals surface area contributed by atoms with Gasteiger partial charge in [0.25, 0.3) is 28.9 Å². The lowest BCUT2D eigenvalue weighted by Gasteiger charge is -2.09. The summed E-state index contributed by atoms with van der Waals surface area (Å²) in [6.45, 7) is 0. The Bertz CT molecular complexity index is 5080. The van der Waals surface area contributed by atoms with Crippen LogP contribution < -0.4 is 27.0 Å². The zero-order valence-electron chi connectivity index (χ0n) is 53.7. The Morgan fingerprint density at radius 1 is 0.370 bits per heavy atom. The molecule has 108 heavy (non-hydrogen) atoms. The van der Waals surface area contributed by atoms with Crippen LogP contribution in [0.15, 0.2) is 182 Å². The number of hydrogen-bond acceptors (Lipinski definition) is 13. The highest BCUT2D eigenvalue weighted by atomic mass is 35.5. The molecule has 1 aliphatic carbocycles. The van der Waals surface area contributed by atoms with Crippen molar-refractivity contribution < 1.29 is 122 Å². The first-order chi connectivity index (χ1) is 50.7. The number of carboxylic acid groups (broad SMARTS) is 1. The number of nitrogens with zero attached hydrogens (tertiary/aromatic N) is 2. The summed E-state index contributed by atoms with van der Waals surface area (Å²) >= 11 is 5.00. The van der Waals surface area contributed by atoms with E-state index >= 15 is 0 Å². The van der Waals surface area contributed by atoms with Gasteiger partial charge in [-0.2, -0.15) is 8.78 Å². The molecule has 1 saturated carbocycles. The van der Waals surface area contributed by atoms with E-state index in [-0.39, 0.29) is 67.4 Å². The zero-order chi connectivity index (χ0) is 80.2. The van der Waals surface area contributed by atoms with Crippen LogP contribution in [0, 0.1) is 113 Å². The number of hydrogen-bond donors (Lipinski definition) is 6. The van der Waals surface area contributed by atoms with Gasteiger partial charge in [-0.1, -0.05) is 0 Å². The molecule has 0 heterocycles. The van der Waals surface area contributed by atoms with E-state index < -0.39 is 170 Å². The summed E-state index contributed by atoms with van der Waals surface area (Å²) in [5.74, 6) is -21.4. The average molecular weight is 1560 g/mol. The van der Waals surface area contributed by atoms with Crippen molar-refractivity contribution in [1.82, 2.24) is 0 Å². The van der Waals surface area contributed by atoms with Gasteiger partial charge in [0.05, 0.1) is 32.1 Å². The summed E-state index contributed by atoms with van der Waals surface area (Å²) < 4.78 is 229. The number of carbonyl (C=O) groups excluding carboxylic acids is 5. The molecule has 0 aromatic heterocycles. The minimum atomic E-state index is -3.41. The molecule has 0 spiro atoms. The predicted octanol–water partition coefficient (Wildman–Crippen LogP) is 16.9.